The highest BCUT2D eigenvalue weighted by atomic mass is 32.2. The van der Waals surface area contributed by atoms with Gasteiger partial charge in [-0.3, -0.25) is 14.4 Å². The summed E-state index contributed by atoms with van der Waals surface area (Å²) in [6.07, 6.45) is 2.80. The van der Waals surface area contributed by atoms with Gasteiger partial charge in [0.15, 0.2) is 0 Å². The maximum atomic E-state index is 14.2. The van der Waals surface area contributed by atoms with Crippen molar-refractivity contribution in [3.8, 4) is 0 Å². The number of para-hydroxylation sites is 1. The Morgan fingerprint density at radius 3 is 2.68 bits per heavy atom. The van der Waals surface area contributed by atoms with Gasteiger partial charge in [0, 0.05) is 11.3 Å². The average Bonchev–Trinajstić information content (AvgIpc) is 3.59. The van der Waals surface area contributed by atoms with Crippen LogP contribution in [0.4, 0.5) is 0 Å². The average molecular weight is 543 g/mol. The summed E-state index contributed by atoms with van der Waals surface area (Å²) in [4.78, 5) is 43.3. The lowest BCUT2D eigenvalue weighted by molar-refractivity contribution is -0.143. The highest BCUT2D eigenvalue weighted by Crippen LogP contribution is 2.71. The standard InChI is InChI=1S/C27H38N6O4S/c1-5-12-28-23(35)20-21-25(37)33(17(14-34)13-16(2)3)22(27(21)11-10-26(20,4)38-27)24(36)29-15-32-19-9-7-6-8-18(19)30-31-32/h6-9,16-17,20-22,34H,5,10-15H2,1-4H3,(H,28,35)(H,29,36)/t17-,20-,21+,22?,26+,27?/m1/s1. The van der Waals surface area contributed by atoms with Gasteiger partial charge >= 0.3 is 0 Å². The zero-order valence-corrected chi connectivity index (χ0v) is 23.3. The molecule has 3 amide bonds. The molecule has 1 spiro atoms. The SMILES string of the molecule is CCCNC(=O)[C@H]1[C@H]2C(=O)N([C@@H](CO)CC(C)C)C(C(=O)NCn3nnc4ccccc43)C23CC[C@]1(C)S3. The molecule has 5 rings (SSSR count). The Kier molecular flexibility index (Phi) is 7.19. The zero-order chi connectivity index (χ0) is 27.2. The minimum absolute atomic E-state index is 0.106. The third-order valence-corrected chi connectivity index (χ3v) is 10.5. The number of aliphatic hydroxyl groups excluding tert-OH is 1. The lowest BCUT2D eigenvalue weighted by Gasteiger charge is -2.37. The molecule has 3 N–H and O–H groups in total. The first-order chi connectivity index (χ1) is 18.2. The molecule has 38 heavy (non-hydrogen) atoms. The number of likely N-dealkylation sites (tertiary alicyclic amines) is 1. The van der Waals surface area contributed by atoms with E-state index in [1.54, 1.807) is 21.3 Å². The van der Waals surface area contributed by atoms with E-state index in [1.807, 2.05) is 45.0 Å². The molecule has 10 nitrogen and oxygen atoms in total. The van der Waals surface area contributed by atoms with Crippen LogP contribution >= 0.6 is 11.8 Å². The Labute approximate surface area is 227 Å². The molecule has 3 saturated heterocycles. The minimum Gasteiger partial charge on any atom is -0.394 e. The maximum Gasteiger partial charge on any atom is 0.245 e. The van der Waals surface area contributed by atoms with Gasteiger partial charge in [0.2, 0.25) is 17.7 Å². The lowest BCUT2D eigenvalue weighted by atomic mass is 9.66. The predicted molar refractivity (Wildman–Crippen MR) is 145 cm³/mol. The Hall–Kier alpha value is -2.66. The van der Waals surface area contributed by atoms with Crippen LogP contribution in [0.15, 0.2) is 24.3 Å². The highest BCUT2D eigenvalue weighted by Gasteiger charge is 2.77. The monoisotopic (exact) mass is 542 g/mol. The van der Waals surface area contributed by atoms with Crippen LogP contribution in [0.1, 0.15) is 53.4 Å². The molecular formula is C27H38N6O4S. The molecule has 2 bridgehead atoms. The summed E-state index contributed by atoms with van der Waals surface area (Å²) in [7, 11) is 0. The molecule has 1 aromatic carbocycles. The molecule has 6 atom stereocenters. The topological polar surface area (TPSA) is 129 Å². The third kappa shape index (κ3) is 4.18. The van der Waals surface area contributed by atoms with Crippen molar-refractivity contribution < 1.29 is 19.5 Å². The lowest BCUT2D eigenvalue weighted by Crippen LogP contribution is -2.57. The summed E-state index contributed by atoms with van der Waals surface area (Å²) in [5, 5.41) is 24.8. The Morgan fingerprint density at radius 1 is 1.21 bits per heavy atom. The molecule has 2 aromatic rings. The fraction of sp³-hybridized carbons (Fsp3) is 0.667. The highest BCUT2D eigenvalue weighted by molar-refractivity contribution is 8.02. The molecule has 0 aliphatic carbocycles. The number of amides is 3. The summed E-state index contributed by atoms with van der Waals surface area (Å²) < 4.78 is 0.485. The van der Waals surface area contributed by atoms with E-state index < -0.39 is 33.4 Å². The van der Waals surface area contributed by atoms with Crippen molar-refractivity contribution in [1.82, 2.24) is 30.5 Å². The first-order valence-electron chi connectivity index (χ1n) is 13.6. The van der Waals surface area contributed by atoms with Gasteiger partial charge in [0.1, 0.15) is 18.2 Å². The van der Waals surface area contributed by atoms with Crippen LogP contribution in [0, 0.1) is 17.8 Å². The van der Waals surface area contributed by atoms with E-state index in [4.69, 9.17) is 0 Å². The number of nitrogens with zero attached hydrogens (tertiary/aromatic N) is 4. The van der Waals surface area contributed by atoms with Crippen LogP contribution in [0.5, 0.6) is 0 Å². The van der Waals surface area contributed by atoms with Crippen molar-refractivity contribution in [2.45, 2.75) is 81.6 Å². The Morgan fingerprint density at radius 2 is 1.97 bits per heavy atom. The minimum atomic E-state index is -0.790. The predicted octanol–water partition coefficient (Wildman–Crippen LogP) is 1.92. The summed E-state index contributed by atoms with van der Waals surface area (Å²) in [5.74, 6) is -1.49. The molecule has 2 unspecified atom stereocenters. The van der Waals surface area contributed by atoms with Crippen LogP contribution in [-0.2, 0) is 21.1 Å². The molecule has 0 saturated carbocycles. The van der Waals surface area contributed by atoms with Gasteiger partial charge in [-0.05, 0) is 50.7 Å². The summed E-state index contributed by atoms with van der Waals surface area (Å²) in [5.41, 5.74) is 1.53. The number of rotatable bonds is 10. The van der Waals surface area contributed by atoms with Gasteiger partial charge in [-0.15, -0.1) is 16.9 Å². The number of fused-ring (bicyclic) bond motifs is 2. The van der Waals surface area contributed by atoms with Gasteiger partial charge in [-0.25, -0.2) is 4.68 Å². The number of hydrogen-bond donors (Lipinski definition) is 3. The summed E-state index contributed by atoms with van der Waals surface area (Å²) in [6, 6.07) is 6.23. The number of thioether (sulfide) groups is 1. The molecule has 3 aliphatic rings. The second-order valence-electron chi connectivity index (χ2n) is 11.5. The molecule has 3 aliphatic heterocycles. The van der Waals surface area contributed by atoms with E-state index in [2.05, 4.69) is 27.9 Å². The molecule has 0 radical (unpaired) electrons. The molecule has 4 heterocycles. The van der Waals surface area contributed by atoms with Gasteiger partial charge in [0.05, 0.1) is 34.7 Å². The van der Waals surface area contributed by atoms with E-state index in [1.165, 1.54) is 0 Å². The maximum absolute atomic E-state index is 14.2. The number of aliphatic hydroxyl groups is 1. The number of aromatic nitrogens is 3. The van der Waals surface area contributed by atoms with Crippen LogP contribution < -0.4 is 10.6 Å². The largest absolute Gasteiger partial charge is 0.394 e. The normalized spacial score (nSPS) is 30.7. The summed E-state index contributed by atoms with van der Waals surface area (Å²) >= 11 is 1.64. The number of benzene rings is 1. The van der Waals surface area contributed by atoms with Crippen LogP contribution in [-0.4, -0.2) is 77.5 Å². The first kappa shape index (κ1) is 26.9. The smallest absolute Gasteiger partial charge is 0.245 e. The van der Waals surface area contributed by atoms with Gasteiger partial charge in [-0.1, -0.05) is 38.1 Å². The second kappa shape index (κ2) is 10.1. The van der Waals surface area contributed by atoms with E-state index in [-0.39, 0.29) is 36.9 Å². The summed E-state index contributed by atoms with van der Waals surface area (Å²) in [6.45, 7) is 8.56. The van der Waals surface area contributed by atoms with Crippen LogP contribution in [0.25, 0.3) is 11.0 Å². The van der Waals surface area contributed by atoms with Crippen molar-refractivity contribution in [3.63, 3.8) is 0 Å². The van der Waals surface area contributed by atoms with Crippen molar-refractivity contribution in [2.24, 2.45) is 17.8 Å². The second-order valence-corrected chi connectivity index (χ2v) is 13.4. The van der Waals surface area contributed by atoms with E-state index in [0.29, 0.717) is 19.4 Å². The third-order valence-electron chi connectivity index (χ3n) is 8.47. The Bertz CT molecular complexity index is 1240. The van der Waals surface area contributed by atoms with E-state index in [0.717, 1.165) is 23.9 Å². The number of carbonyl (C=O) groups excluding carboxylic acids is 3. The van der Waals surface area contributed by atoms with Crippen molar-refractivity contribution in [3.05, 3.63) is 24.3 Å². The molecule has 1 aromatic heterocycles. The number of hydrogen-bond acceptors (Lipinski definition) is 7. The fourth-order valence-corrected chi connectivity index (χ4v) is 9.26. The van der Waals surface area contributed by atoms with E-state index >= 15 is 0 Å². The Balaban J connectivity index is 1.49. The van der Waals surface area contributed by atoms with E-state index in [9.17, 15) is 19.5 Å². The zero-order valence-electron chi connectivity index (χ0n) is 22.5. The van der Waals surface area contributed by atoms with Crippen molar-refractivity contribution in [1.29, 1.82) is 0 Å². The van der Waals surface area contributed by atoms with Gasteiger partial charge < -0.3 is 20.6 Å². The number of carbonyl (C=O) groups is 3. The van der Waals surface area contributed by atoms with Gasteiger partial charge in [-0.2, -0.15) is 0 Å². The van der Waals surface area contributed by atoms with Crippen molar-refractivity contribution >= 4 is 40.5 Å². The van der Waals surface area contributed by atoms with Crippen molar-refractivity contribution in [2.75, 3.05) is 13.2 Å². The molecule has 3 fully saturated rings. The molecule has 206 valence electrons. The first-order valence-corrected chi connectivity index (χ1v) is 14.5. The number of nitrogens with one attached hydrogen (secondary N) is 2. The van der Waals surface area contributed by atoms with Crippen LogP contribution in [0.3, 0.4) is 0 Å². The molecule has 11 heteroatoms. The fourth-order valence-electron chi connectivity index (χ4n) is 6.92. The van der Waals surface area contributed by atoms with Crippen LogP contribution in [0.2, 0.25) is 0 Å². The van der Waals surface area contributed by atoms with Gasteiger partial charge in [0.25, 0.3) is 0 Å². The molecular weight excluding hydrogens is 504 g/mol. The quantitative estimate of drug-likeness (QED) is 0.418.